The van der Waals surface area contributed by atoms with Crippen LogP contribution in [0.2, 0.25) is 10.0 Å². The molecule has 0 heterocycles. The lowest BCUT2D eigenvalue weighted by Gasteiger charge is -2.30. The Morgan fingerprint density at radius 1 is 1.10 bits per heavy atom. The van der Waals surface area contributed by atoms with E-state index in [1.54, 1.807) is 18.2 Å². The van der Waals surface area contributed by atoms with Crippen molar-refractivity contribution in [1.82, 2.24) is 10.2 Å². The molecule has 0 fully saturated rings. The highest BCUT2D eigenvalue weighted by atomic mass is 127. The summed E-state index contributed by atoms with van der Waals surface area (Å²) in [7, 11) is 0. The standard InChI is InChI=1S/C22H25Cl2IN2O3/c1-3-11-26-22(29)20(4-2)27(13-15-5-10-18(23)19(24)12-15)21(28)14-30-17-8-6-16(25)7-9-17/h5-10,12,20H,3-4,11,13-14H2,1-2H3,(H,26,29)/t20-/m0/s1. The number of hydrogen-bond acceptors (Lipinski definition) is 3. The van der Waals surface area contributed by atoms with Crippen LogP contribution in [0.4, 0.5) is 0 Å². The molecule has 1 atom stereocenters. The average molecular weight is 563 g/mol. The summed E-state index contributed by atoms with van der Waals surface area (Å²) in [5, 5.41) is 3.72. The predicted octanol–water partition coefficient (Wildman–Crippen LogP) is 5.31. The third kappa shape index (κ3) is 7.32. The van der Waals surface area contributed by atoms with Gasteiger partial charge in [-0.1, -0.05) is 43.1 Å². The third-order valence-electron chi connectivity index (χ3n) is 4.45. The van der Waals surface area contributed by atoms with E-state index in [1.807, 2.05) is 38.1 Å². The van der Waals surface area contributed by atoms with Crippen LogP contribution in [0.1, 0.15) is 32.3 Å². The van der Waals surface area contributed by atoms with Crippen LogP contribution in [0, 0.1) is 3.57 Å². The molecule has 30 heavy (non-hydrogen) atoms. The van der Waals surface area contributed by atoms with Crippen LogP contribution in [0.15, 0.2) is 42.5 Å². The van der Waals surface area contributed by atoms with E-state index in [0.717, 1.165) is 15.6 Å². The van der Waals surface area contributed by atoms with Gasteiger partial charge >= 0.3 is 0 Å². The molecule has 0 saturated carbocycles. The zero-order chi connectivity index (χ0) is 22.1. The second-order valence-corrected chi connectivity index (χ2v) is 8.79. The first-order valence-corrected chi connectivity index (χ1v) is 11.6. The fraction of sp³-hybridized carbons (Fsp3) is 0.364. The van der Waals surface area contributed by atoms with Gasteiger partial charge in [0.05, 0.1) is 10.0 Å². The van der Waals surface area contributed by atoms with E-state index in [9.17, 15) is 9.59 Å². The number of nitrogens with zero attached hydrogens (tertiary/aromatic N) is 1. The summed E-state index contributed by atoms with van der Waals surface area (Å²) in [6.45, 7) is 4.48. The molecule has 1 N–H and O–H groups in total. The zero-order valence-corrected chi connectivity index (χ0v) is 20.6. The highest BCUT2D eigenvalue weighted by Crippen LogP contribution is 2.24. The molecule has 2 amide bonds. The lowest BCUT2D eigenvalue weighted by Crippen LogP contribution is -2.50. The van der Waals surface area contributed by atoms with Gasteiger partial charge in [0.25, 0.3) is 5.91 Å². The zero-order valence-electron chi connectivity index (χ0n) is 17.0. The summed E-state index contributed by atoms with van der Waals surface area (Å²) < 4.78 is 6.74. The fourth-order valence-corrected chi connectivity index (χ4v) is 3.56. The topological polar surface area (TPSA) is 58.6 Å². The smallest absolute Gasteiger partial charge is 0.261 e. The fourth-order valence-electron chi connectivity index (χ4n) is 2.88. The Labute approximate surface area is 201 Å². The normalized spacial score (nSPS) is 11.6. The number of nitrogens with one attached hydrogen (secondary N) is 1. The maximum Gasteiger partial charge on any atom is 0.261 e. The van der Waals surface area contributed by atoms with Crippen LogP contribution in [-0.2, 0) is 16.1 Å². The molecule has 8 heteroatoms. The highest BCUT2D eigenvalue weighted by molar-refractivity contribution is 14.1. The predicted molar refractivity (Wildman–Crippen MR) is 129 cm³/mol. The van der Waals surface area contributed by atoms with Crippen molar-refractivity contribution in [1.29, 1.82) is 0 Å². The first-order chi connectivity index (χ1) is 14.3. The number of hydrogen-bond donors (Lipinski definition) is 1. The van der Waals surface area contributed by atoms with E-state index in [4.69, 9.17) is 27.9 Å². The minimum atomic E-state index is -0.612. The van der Waals surface area contributed by atoms with Crippen LogP contribution >= 0.6 is 45.8 Å². The van der Waals surface area contributed by atoms with Gasteiger partial charge in [-0.2, -0.15) is 0 Å². The Bertz CT molecular complexity index is 862. The monoisotopic (exact) mass is 562 g/mol. The number of carbonyl (C=O) groups is 2. The molecule has 0 aliphatic heterocycles. The maximum absolute atomic E-state index is 13.1. The van der Waals surface area contributed by atoms with Crippen molar-refractivity contribution in [3.05, 3.63) is 61.6 Å². The molecular weight excluding hydrogens is 538 g/mol. The summed E-state index contributed by atoms with van der Waals surface area (Å²) >= 11 is 14.3. The molecule has 0 aliphatic carbocycles. The molecule has 0 aromatic heterocycles. The molecule has 0 saturated heterocycles. The van der Waals surface area contributed by atoms with E-state index in [1.165, 1.54) is 4.90 Å². The van der Waals surface area contributed by atoms with Crippen LogP contribution in [0.25, 0.3) is 0 Å². The summed E-state index contributed by atoms with van der Waals surface area (Å²) in [6.07, 6.45) is 1.30. The summed E-state index contributed by atoms with van der Waals surface area (Å²) in [5.74, 6) is 0.141. The van der Waals surface area contributed by atoms with E-state index in [2.05, 4.69) is 27.9 Å². The molecule has 2 rings (SSSR count). The van der Waals surface area contributed by atoms with E-state index < -0.39 is 6.04 Å². The van der Waals surface area contributed by atoms with Crippen LogP contribution < -0.4 is 10.1 Å². The maximum atomic E-state index is 13.1. The Hall–Kier alpha value is -1.51. The summed E-state index contributed by atoms with van der Waals surface area (Å²) in [6, 6.07) is 12.0. The summed E-state index contributed by atoms with van der Waals surface area (Å²) in [5.41, 5.74) is 0.786. The van der Waals surface area contributed by atoms with Gasteiger partial charge < -0.3 is 15.0 Å². The minimum absolute atomic E-state index is 0.167. The van der Waals surface area contributed by atoms with Crippen molar-refractivity contribution in [3.63, 3.8) is 0 Å². The largest absolute Gasteiger partial charge is 0.484 e. The SMILES string of the molecule is CCCNC(=O)[C@H](CC)N(Cc1ccc(Cl)c(Cl)c1)C(=O)COc1ccc(I)cc1. The quantitative estimate of drug-likeness (QED) is 0.399. The van der Waals surface area contributed by atoms with Crippen molar-refractivity contribution < 1.29 is 14.3 Å². The Morgan fingerprint density at radius 3 is 2.40 bits per heavy atom. The molecule has 5 nitrogen and oxygen atoms in total. The second-order valence-electron chi connectivity index (χ2n) is 6.73. The van der Waals surface area contributed by atoms with Crippen LogP contribution in [0.5, 0.6) is 5.75 Å². The van der Waals surface area contributed by atoms with Crippen molar-refractivity contribution in [2.75, 3.05) is 13.2 Å². The van der Waals surface area contributed by atoms with Gasteiger partial charge in [0, 0.05) is 16.7 Å². The minimum Gasteiger partial charge on any atom is -0.484 e. The number of rotatable bonds is 10. The molecule has 0 unspecified atom stereocenters. The average Bonchev–Trinajstić information content (AvgIpc) is 2.74. The van der Waals surface area contributed by atoms with Crippen LogP contribution in [0.3, 0.4) is 0 Å². The molecule has 0 bridgehead atoms. The van der Waals surface area contributed by atoms with Crippen molar-refractivity contribution in [3.8, 4) is 5.75 Å². The van der Waals surface area contributed by atoms with Gasteiger partial charge in [0.15, 0.2) is 6.61 Å². The molecular formula is C22H25Cl2IN2O3. The molecule has 2 aromatic carbocycles. The highest BCUT2D eigenvalue weighted by Gasteiger charge is 2.28. The van der Waals surface area contributed by atoms with Crippen molar-refractivity contribution in [2.45, 2.75) is 39.3 Å². The number of ether oxygens (including phenoxy) is 1. The molecule has 2 aromatic rings. The third-order valence-corrected chi connectivity index (χ3v) is 5.91. The first-order valence-electron chi connectivity index (χ1n) is 9.75. The van der Waals surface area contributed by atoms with Crippen LogP contribution in [-0.4, -0.2) is 35.9 Å². The van der Waals surface area contributed by atoms with Gasteiger partial charge in [-0.15, -0.1) is 0 Å². The lowest BCUT2D eigenvalue weighted by molar-refractivity contribution is -0.143. The van der Waals surface area contributed by atoms with Gasteiger partial charge in [-0.05, 0) is 77.4 Å². The Kier molecular flexibility index (Phi) is 10.2. The number of halogens is 3. The first kappa shape index (κ1) is 24.8. The van der Waals surface area contributed by atoms with Gasteiger partial charge in [-0.3, -0.25) is 9.59 Å². The number of benzene rings is 2. The number of amides is 2. The van der Waals surface area contributed by atoms with Gasteiger partial charge in [-0.25, -0.2) is 0 Å². The lowest BCUT2D eigenvalue weighted by atomic mass is 10.1. The summed E-state index contributed by atoms with van der Waals surface area (Å²) in [4.78, 5) is 27.3. The molecule has 0 radical (unpaired) electrons. The molecule has 0 spiro atoms. The van der Waals surface area contributed by atoms with Crippen molar-refractivity contribution in [2.24, 2.45) is 0 Å². The second kappa shape index (κ2) is 12.4. The van der Waals surface area contributed by atoms with E-state index in [-0.39, 0.29) is 25.0 Å². The molecule has 0 aliphatic rings. The van der Waals surface area contributed by atoms with Crippen molar-refractivity contribution >= 4 is 57.6 Å². The Balaban J connectivity index is 2.21. The van der Waals surface area contributed by atoms with Gasteiger partial charge in [0.2, 0.25) is 5.91 Å². The van der Waals surface area contributed by atoms with E-state index >= 15 is 0 Å². The number of carbonyl (C=O) groups excluding carboxylic acids is 2. The molecule has 162 valence electrons. The van der Waals surface area contributed by atoms with Gasteiger partial charge in [0.1, 0.15) is 11.8 Å². The van der Waals surface area contributed by atoms with E-state index in [0.29, 0.717) is 28.8 Å². The Morgan fingerprint density at radius 2 is 1.80 bits per heavy atom.